The first kappa shape index (κ1) is 47.7. The minimum Gasteiger partial charge on any atom is -0.492 e. The number of ether oxygens (including phenoxy) is 2. The first-order valence-corrected chi connectivity index (χ1v) is 22.8. The third-order valence-electron chi connectivity index (χ3n) is 11.0. The van der Waals surface area contributed by atoms with Gasteiger partial charge in [0, 0.05) is 101 Å². The van der Waals surface area contributed by atoms with Crippen molar-refractivity contribution in [1.29, 1.82) is 0 Å². The lowest BCUT2D eigenvalue weighted by atomic mass is 10.2. The van der Waals surface area contributed by atoms with E-state index in [9.17, 15) is 9.59 Å². The second-order valence-corrected chi connectivity index (χ2v) is 16.2. The number of amides is 1. The van der Waals surface area contributed by atoms with Gasteiger partial charge in [0.1, 0.15) is 60.3 Å². The Labute approximate surface area is 404 Å². The zero-order valence-corrected chi connectivity index (χ0v) is 39.2. The van der Waals surface area contributed by atoms with Gasteiger partial charge >= 0.3 is 5.97 Å². The lowest BCUT2D eigenvalue weighted by molar-refractivity contribution is -0.138. The molecule has 8 aromatic rings. The van der Waals surface area contributed by atoms with E-state index < -0.39 is 5.97 Å². The summed E-state index contributed by atoms with van der Waals surface area (Å²) in [5.41, 5.74) is 15.9. The minimum atomic E-state index is -1.02. The van der Waals surface area contributed by atoms with Gasteiger partial charge in [0.05, 0.1) is 34.0 Å². The number of nitrogens with zero attached hydrogens (tertiary/aromatic N) is 13. The number of hydrogen-bond donors (Lipinski definition) is 6. The number of anilines is 4. The second-order valence-electron chi connectivity index (χ2n) is 15.4. The topological polar surface area (TPSA) is 291 Å². The maximum atomic E-state index is 13.1. The van der Waals surface area contributed by atoms with Crippen LogP contribution in [0.1, 0.15) is 13.8 Å². The molecule has 25 heteroatoms. The fourth-order valence-corrected chi connectivity index (χ4v) is 8.15. The standard InChI is InChI=1S/C22H24ClN9O2.C12H17ClN2O.C10H9N7O2/c1-2-34-16-11-14(3-4-15(16)23)30-7-9-31(10-8-30)17(33)12-32-22-18(20(24)27-13-28-22)19(29-32)21-25-5-6-26-21;1-2-16-12-9-10(3-4-11(12)13)15-7-5-14-6-8-15;11-8-6-7(9-12-1-2-13-9)16-17(3-5(18)19)10(6)15-4-14-8/h3-6,11,13H,2,7-10,12H2,1H3,(H,25,26)(H2,24,27,28);3-4,9,14H,2,5-8H2,1H3;1-2,4H,3H2,(H,12,13)(H,18,19)(H2,11,14,15). The number of halogens is 2. The molecule has 69 heavy (non-hydrogen) atoms. The molecule has 8 heterocycles. The van der Waals surface area contributed by atoms with Crippen LogP contribution in [0.4, 0.5) is 23.0 Å². The predicted octanol–water partition coefficient (Wildman–Crippen LogP) is 4.23. The molecule has 0 radical (unpaired) electrons. The summed E-state index contributed by atoms with van der Waals surface area (Å²) in [6, 6.07) is 11.7. The van der Waals surface area contributed by atoms with E-state index in [1.807, 2.05) is 49.1 Å². The van der Waals surface area contributed by atoms with Gasteiger partial charge in [0.15, 0.2) is 22.9 Å². The number of carboxylic acids is 1. The number of piperazine rings is 2. The summed E-state index contributed by atoms with van der Waals surface area (Å²) in [6.07, 6.45) is 9.16. The molecule has 2 aliphatic heterocycles. The Morgan fingerprint density at radius 3 is 1.59 bits per heavy atom. The van der Waals surface area contributed by atoms with Crippen molar-refractivity contribution in [2.75, 3.05) is 86.8 Å². The third kappa shape index (κ3) is 11.0. The second kappa shape index (κ2) is 21.9. The number of hydrogen-bond acceptors (Lipinski definition) is 17. The van der Waals surface area contributed by atoms with Crippen LogP contribution in [0.3, 0.4) is 0 Å². The predicted molar refractivity (Wildman–Crippen MR) is 261 cm³/mol. The number of benzene rings is 2. The van der Waals surface area contributed by atoms with Crippen LogP contribution in [-0.4, -0.2) is 147 Å². The first-order chi connectivity index (χ1) is 33.5. The normalized spacial score (nSPS) is 13.7. The average molecular weight is 982 g/mol. The highest BCUT2D eigenvalue weighted by Gasteiger charge is 2.26. The Kier molecular flexibility index (Phi) is 15.2. The summed E-state index contributed by atoms with van der Waals surface area (Å²) in [4.78, 5) is 60.9. The van der Waals surface area contributed by atoms with Gasteiger partial charge in [-0.05, 0) is 38.1 Å². The molecule has 8 N–H and O–H groups in total. The van der Waals surface area contributed by atoms with Crippen LogP contribution < -0.4 is 36.1 Å². The maximum absolute atomic E-state index is 13.1. The van der Waals surface area contributed by atoms with E-state index in [1.165, 1.54) is 23.0 Å². The number of rotatable bonds is 12. The SMILES string of the molecule is CCOc1cc(N2CCN(C(=O)Cn3nc(-c4ncc[nH]4)c4c(N)ncnc43)CC2)ccc1Cl.CCOc1cc(N2CCNCC2)ccc1Cl.Nc1ncnc2c1c(-c1ncc[nH]1)nn2CC(=O)O. The molecule has 2 aromatic carbocycles. The van der Waals surface area contributed by atoms with Crippen LogP contribution in [0.2, 0.25) is 10.0 Å². The summed E-state index contributed by atoms with van der Waals surface area (Å²) in [7, 11) is 0. The number of nitrogens with one attached hydrogen (secondary N) is 3. The van der Waals surface area contributed by atoms with Crippen molar-refractivity contribution in [3.8, 4) is 34.5 Å². The number of aliphatic carboxylic acids is 1. The monoisotopic (exact) mass is 980 g/mol. The van der Waals surface area contributed by atoms with Crippen LogP contribution in [0.5, 0.6) is 11.5 Å². The number of nitrogens with two attached hydrogens (primary N) is 2. The van der Waals surface area contributed by atoms with E-state index in [0.29, 0.717) is 100 Å². The van der Waals surface area contributed by atoms with E-state index in [1.54, 1.807) is 29.5 Å². The molecule has 23 nitrogen and oxygen atoms in total. The third-order valence-corrected chi connectivity index (χ3v) is 11.7. The van der Waals surface area contributed by atoms with Crippen molar-refractivity contribution in [2.45, 2.75) is 26.9 Å². The zero-order chi connectivity index (χ0) is 48.4. The zero-order valence-electron chi connectivity index (χ0n) is 37.7. The van der Waals surface area contributed by atoms with Gasteiger partial charge in [-0.25, -0.2) is 39.3 Å². The van der Waals surface area contributed by atoms with E-state index >= 15 is 0 Å². The Hall–Kier alpha value is -7.76. The van der Waals surface area contributed by atoms with Crippen molar-refractivity contribution >= 4 is 80.2 Å². The van der Waals surface area contributed by atoms with Crippen LogP contribution in [0, 0.1) is 0 Å². The molecular weight excluding hydrogens is 932 g/mol. The number of aromatic amines is 2. The molecule has 6 aromatic heterocycles. The van der Waals surface area contributed by atoms with E-state index in [-0.39, 0.29) is 30.6 Å². The number of carbonyl (C=O) groups is 2. The lowest BCUT2D eigenvalue weighted by Gasteiger charge is -2.36. The molecule has 0 unspecified atom stereocenters. The van der Waals surface area contributed by atoms with Gasteiger partial charge in [-0.1, -0.05) is 23.2 Å². The number of carbonyl (C=O) groups excluding carboxylic acids is 1. The molecule has 0 atom stereocenters. The highest BCUT2D eigenvalue weighted by Crippen LogP contribution is 2.33. The number of nitrogen functional groups attached to an aromatic ring is 2. The summed E-state index contributed by atoms with van der Waals surface area (Å²) < 4.78 is 13.9. The first-order valence-electron chi connectivity index (χ1n) is 22.0. The van der Waals surface area contributed by atoms with E-state index in [4.69, 9.17) is 49.2 Å². The van der Waals surface area contributed by atoms with E-state index in [2.05, 4.69) is 71.3 Å². The largest absolute Gasteiger partial charge is 0.492 e. The van der Waals surface area contributed by atoms with Gasteiger partial charge in [-0.2, -0.15) is 10.2 Å². The highest BCUT2D eigenvalue weighted by atomic mass is 35.5. The molecule has 2 fully saturated rings. The molecule has 0 bridgehead atoms. The number of H-pyrrole nitrogens is 2. The summed E-state index contributed by atoms with van der Waals surface area (Å²) in [5, 5.41) is 23.3. The molecule has 0 saturated carbocycles. The van der Waals surface area contributed by atoms with Crippen LogP contribution in [0.15, 0.2) is 73.8 Å². The summed E-state index contributed by atoms with van der Waals surface area (Å²) >= 11 is 12.3. The van der Waals surface area contributed by atoms with Crippen molar-refractivity contribution < 1.29 is 24.2 Å². The van der Waals surface area contributed by atoms with Crippen molar-refractivity contribution in [3.05, 3.63) is 83.9 Å². The Balaban J connectivity index is 0.000000154. The summed E-state index contributed by atoms with van der Waals surface area (Å²) in [5.74, 6) is 1.92. The minimum absolute atomic E-state index is 0.0432. The summed E-state index contributed by atoms with van der Waals surface area (Å²) in [6.45, 7) is 11.5. The average Bonchev–Trinajstić information content (AvgIpc) is 4.20. The molecule has 10 rings (SSSR count). The van der Waals surface area contributed by atoms with Crippen LogP contribution in [0.25, 0.3) is 45.1 Å². The Morgan fingerprint density at radius 2 is 1.14 bits per heavy atom. The number of carboxylic acid groups (broad SMARTS) is 1. The van der Waals surface area contributed by atoms with Crippen LogP contribution in [-0.2, 0) is 22.7 Å². The fraction of sp³-hybridized carbons (Fsp3) is 0.318. The quantitative estimate of drug-likeness (QED) is 0.0998. The number of aromatic nitrogens is 12. The van der Waals surface area contributed by atoms with Crippen molar-refractivity contribution in [3.63, 3.8) is 0 Å². The molecule has 1 amide bonds. The van der Waals surface area contributed by atoms with Gasteiger partial charge < -0.3 is 56.0 Å². The molecular formula is C44H50Cl2N18O5. The molecule has 2 saturated heterocycles. The van der Waals surface area contributed by atoms with Gasteiger partial charge in [0.25, 0.3) is 0 Å². The number of imidazole rings is 2. The van der Waals surface area contributed by atoms with Crippen molar-refractivity contribution in [1.82, 2.24) is 69.6 Å². The van der Waals surface area contributed by atoms with Crippen molar-refractivity contribution in [2.24, 2.45) is 0 Å². The molecule has 2 aliphatic rings. The highest BCUT2D eigenvalue weighted by molar-refractivity contribution is 6.32. The van der Waals surface area contributed by atoms with Gasteiger partial charge in [0.2, 0.25) is 5.91 Å². The fourth-order valence-electron chi connectivity index (χ4n) is 7.81. The Bertz CT molecular complexity index is 3000. The van der Waals surface area contributed by atoms with Gasteiger partial charge in [-0.15, -0.1) is 0 Å². The number of fused-ring (bicyclic) bond motifs is 2. The van der Waals surface area contributed by atoms with E-state index in [0.717, 1.165) is 37.6 Å². The lowest BCUT2D eigenvalue weighted by Crippen LogP contribution is -2.49. The molecule has 0 spiro atoms. The maximum Gasteiger partial charge on any atom is 0.325 e. The van der Waals surface area contributed by atoms with Gasteiger partial charge in [-0.3, -0.25) is 9.59 Å². The smallest absolute Gasteiger partial charge is 0.325 e. The molecule has 360 valence electrons. The molecule has 0 aliphatic carbocycles. The van der Waals surface area contributed by atoms with Crippen LogP contribution >= 0.6 is 23.2 Å². The Morgan fingerprint density at radius 1 is 0.667 bits per heavy atom.